The van der Waals surface area contributed by atoms with E-state index in [4.69, 9.17) is 4.74 Å². The molecule has 0 amide bonds. The first kappa shape index (κ1) is 12.4. The average Bonchev–Trinajstić information content (AvgIpc) is 2.40. The Labute approximate surface area is 106 Å². The highest BCUT2D eigenvalue weighted by molar-refractivity contribution is 5.91. The minimum Gasteiger partial charge on any atom is -0.504 e. The highest BCUT2D eigenvalue weighted by atomic mass is 16.5. The van der Waals surface area contributed by atoms with Crippen molar-refractivity contribution >= 4 is 16.7 Å². The number of nitrogens with zero attached hydrogens (tertiary/aromatic N) is 3. The standard InChI is InChI=1S/C13H17N3O2/c1-4-16(5-2)13-9-6-11(17)12(18-3)7-10(9)14-8-15-13/h6-8,17H,4-5H2,1-3H3. The number of methoxy groups -OCH3 is 1. The Morgan fingerprint density at radius 3 is 2.56 bits per heavy atom. The van der Waals surface area contributed by atoms with Crippen molar-refractivity contribution in [3.63, 3.8) is 0 Å². The van der Waals surface area contributed by atoms with Crippen molar-refractivity contribution in [2.24, 2.45) is 0 Å². The first-order valence-electron chi connectivity index (χ1n) is 5.97. The van der Waals surface area contributed by atoms with E-state index in [1.165, 1.54) is 13.4 Å². The molecule has 96 valence electrons. The summed E-state index contributed by atoms with van der Waals surface area (Å²) >= 11 is 0. The predicted octanol–water partition coefficient (Wildman–Crippen LogP) is 2.19. The van der Waals surface area contributed by atoms with Crippen LogP contribution in [0.5, 0.6) is 11.5 Å². The number of benzene rings is 1. The summed E-state index contributed by atoms with van der Waals surface area (Å²) < 4.78 is 5.08. The minimum atomic E-state index is 0.105. The number of rotatable bonds is 4. The second kappa shape index (κ2) is 5.08. The Bertz CT molecular complexity index is 553. The van der Waals surface area contributed by atoms with E-state index in [0.29, 0.717) is 5.75 Å². The molecule has 0 atom stereocenters. The number of anilines is 1. The predicted molar refractivity (Wildman–Crippen MR) is 71.3 cm³/mol. The fraction of sp³-hybridized carbons (Fsp3) is 0.385. The molecule has 5 heteroatoms. The summed E-state index contributed by atoms with van der Waals surface area (Å²) in [5, 5.41) is 10.7. The molecule has 5 nitrogen and oxygen atoms in total. The van der Waals surface area contributed by atoms with Gasteiger partial charge in [0, 0.05) is 24.5 Å². The van der Waals surface area contributed by atoms with Crippen molar-refractivity contribution in [2.45, 2.75) is 13.8 Å². The van der Waals surface area contributed by atoms with Gasteiger partial charge in [0.2, 0.25) is 0 Å². The van der Waals surface area contributed by atoms with E-state index < -0.39 is 0 Å². The normalized spacial score (nSPS) is 10.6. The molecule has 0 unspecified atom stereocenters. The fourth-order valence-electron chi connectivity index (χ4n) is 2.00. The summed E-state index contributed by atoms with van der Waals surface area (Å²) in [7, 11) is 1.52. The molecular weight excluding hydrogens is 230 g/mol. The molecule has 1 heterocycles. The maximum atomic E-state index is 9.86. The summed E-state index contributed by atoms with van der Waals surface area (Å²) in [6.45, 7) is 5.85. The van der Waals surface area contributed by atoms with Crippen LogP contribution in [0.1, 0.15) is 13.8 Å². The van der Waals surface area contributed by atoms with Crippen LogP contribution >= 0.6 is 0 Å². The quantitative estimate of drug-likeness (QED) is 0.897. The van der Waals surface area contributed by atoms with Crippen LogP contribution in [0.25, 0.3) is 10.9 Å². The second-order valence-corrected chi connectivity index (χ2v) is 3.91. The van der Waals surface area contributed by atoms with Crippen molar-refractivity contribution in [3.05, 3.63) is 18.5 Å². The molecule has 0 saturated heterocycles. The fourth-order valence-corrected chi connectivity index (χ4v) is 2.00. The van der Waals surface area contributed by atoms with E-state index in [-0.39, 0.29) is 5.75 Å². The van der Waals surface area contributed by atoms with Crippen LogP contribution in [0, 0.1) is 0 Å². The first-order chi connectivity index (χ1) is 8.71. The average molecular weight is 247 g/mol. The van der Waals surface area contributed by atoms with Gasteiger partial charge in [0.25, 0.3) is 0 Å². The van der Waals surface area contributed by atoms with Gasteiger partial charge in [-0.05, 0) is 19.9 Å². The number of aromatic nitrogens is 2. The summed E-state index contributed by atoms with van der Waals surface area (Å²) in [6.07, 6.45) is 1.53. The Morgan fingerprint density at radius 1 is 1.22 bits per heavy atom. The summed E-state index contributed by atoms with van der Waals surface area (Å²) in [5.41, 5.74) is 0.765. The van der Waals surface area contributed by atoms with E-state index >= 15 is 0 Å². The van der Waals surface area contributed by atoms with Gasteiger partial charge in [-0.3, -0.25) is 0 Å². The Morgan fingerprint density at radius 2 is 1.94 bits per heavy atom. The van der Waals surface area contributed by atoms with Crippen molar-refractivity contribution in [1.82, 2.24) is 9.97 Å². The van der Waals surface area contributed by atoms with Gasteiger partial charge < -0.3 is 14.7 Å². The first-order valence-corrected chi connectivity index (χ1v) is 5.97. The molecule has 18 heavy (non-hydrogen) atoms. The molecule has 0 saturated carbocycles. The third-order valence-electron chi connectivity index (χ3n) is 2.98. The lowest BCUT2D eigenvalue weighted by Crippen LogP contribution is -2.23. The van der Waals surface area contributed by atoms with Crippen LogP contribution in [0.4, 0.5) is 5.82 Å². The van der Waals surface area contributed by atoms with Gasteiger partial charge in [0.15, 0.2) is 11.5 Å². The van der Waals surface area contributed by atoms with Gasteiger partial charge in [0.1, 0.15) is 12.1 Å². The van der Waals surface area contributed by atoms with Crippen LogP contribution in [-0.2, 0) is 0 Å². The van der Waals surface area contributed by atoms with Crippen molar-refractivity contribution < 1.29 is 9.84 Å². The monoisotopic (exact) mass is 247 g/mol. The van der Waals surface area contributed by atoms with Crippen molar-refractivity contribution in [1.29, 1.82) is 0 Å². The molecule has 0 aliphatic rings. The molecule has 0 radical (unpaired) electrons. The Balaban J connectivity index is 2.65. The SMILES string of the molecule is CCN(CC)c1ncnc2cc(OC)c(O)cc12. The maximum Gasteiger partial charge on any atom is 0.162 e. The van der Waals surface area contributed by atoms with E-state index in [0.717, 1.165) is 29.8 Å². The largest absolute Gasteiger partial charge is 0.504 e. The van der Waals surface area contributed by atoms with Crippen LogP contribution in [0.2, 0.25) is 0 Å². The third kappa shape index (κ3) is 2.03. The number of phenolic OH excluding ortho intramolecular Hbond substituents is 1. The number of hydrogen-bond acceptors (Lipinski definition) is 5. The number of aromatic hydroxyl groups is 1. The minimum absolute atomic E-state index is 0.105. The van der Waals surface area contributed by atoms with E-state index in [2.05, 4.69) is 28.7 Å². The highest BCUT2D eigenvalue weighted by Crippen LogP contribution is 2.33. The van der Waals surface area contributed by atoms with E-state index in [1.54, 1.807) is 12.1 Å². The van der Waals surface area contributed by atoms with Crippen LogP contribution in [0.15, 0.2) is 18.5 Å². The van der Waals surface area contributed by atoms with Gasteiger partial charge >= 0.3 is 0 Å². The number of hydrogen-bond donors (Lipinski definition) is 1. The van der Waals surface area contributed by atoms with Gasteiger partial charge in [-0.25, -0.2) is 9.97 Å². The van der Waals surface area contributed by atoms with Gasteiger partial charge in [-0.15, -0.1) is 0 Å². The molecule has 1 N–H and O–H groups in total. The molecular formula is C13H17N3O2. The molecule has 0 spiro atoms. The van der Waals surface area contributed by atoms with Crippen LogP contribution in [-0.4, -0.2) is 35.3 Å². The van der Waals surface area contributed by atoms with Crippen LogP contribution < -0.4 is 9.64 Å². The zero-order valence-corrected chi connectivity index (χ0v) is 10.8. The Hall–Kier alpha value is -2.04. The molecule has 0 aliphatic heterocycles. The summed E-state index contributed by atoms with van der Waals surface area (Å²) in [4.78, 5) is 10.6. The molecule has 2 rings (SSSR count). The van der Waals surface area contributed by atoms with Gasteiger partial charge in [0.05, 0.1) is 12.6 Å². The maximum absolute atomic E-state index is 9.86. The highest BCUT2D eigenvalue weighted by Gasteiger charge is 2.12. The molecule has 2 aromatic rings. The smallest absolute Gasteiger partial charge is 0.162 e. The molecule has 0 aliphatic carbocycles. The zero-order chi connectivity index (χ0) is 13.1. The lowest BCUT2D eigenvalue weighted by atomic mass is 10.2. The molecule has 0 fully saturated rings. The number of ether oxygens (including phenoxy) is 1. The lowest BCUT2D eigenvalue weighted by molar-refractivity contribution is 0.374. The number of fused-ring (bicyclic) bond motifs is 1. The molecule has 1 aromatic carbocycles. The molecule has 0 bridgehead atoms. The Kier molecular flexibility index (Phi) is 3.50. The summed E-state index contributed by atoms with van der Waals surface area (Å²) in [5.74, 6) is 1.36. The van der Waals surface area contributed by atoms with E-state index in [9.17, 15) is 5.11 Å². The lowest BCUT2D eigenvalue weighted by Gasteiger charge is -2.21. The van der Waals surface area contributed by atoms with Crippen LogP contribution in [0.3, 0.4) is 0 Å². The summed E-state index contributed by atoms with van der Waals surface area (Å²) in [6, 6.07) is 3.38. The number of phenols is 1. The zero-order valence-electron chi connectivity index (χ0n) is 10.8. The van der Waals surface area contributed by atoms with Crippen molar-refractivity contribution in [2.75, 3.05) is 25.1 Å². The third-order valence-corrected chi connectivity index (χ3v) is 2.98. The van der Waals surface area contributed by atoms with Gasteiger partial charge in [-0.2, -0.15) is 0 Å². The van der Waals surface area contributed by atoms with E-state index in [1.807, 2.05) is 0 Å². The van der Waals surface area contributed by atoms with Crippen molar-refractivity contribution in [3.8, 4) is 11.5 Å². The molecule has 1 aromatic heterocycles. The topological polar surface area (TPSA) is 58.5 Å². The second-order valence-electron chi connectivity index (χ2n) is 3.91. The van der Waals surface area contributed by atoms with Gasteiger partial charge in [-0.1, -0.05) is 0 Å².